The van der Waals surface area contributed by atoms with Crippen LogP contribution >= 0.6 is 7.82 Å². The molecule has 17 nitrogen and oxygen atoms in total. The molecule has 0 bridgehead atoms. The van der Waals surface area contributed by atoms with Crippen LogP contribution in [0.1, 0.15) is 6.42 Å². The molecule has 2 heterocycles. The monoisotopic (exact) mass is 534 g/mol. The molecule has 14 atom stereocenters. The number of ether oxygens (including phenoxy) is 4. The third-order valence-electron chi connectivity index (χ3n) is 6.35. The van der Waals surface area contributed by atoms with E-state index in [2.05, 4.69) is 4.52 Å². The van der Waals surface area contributed by atoms with Crippen LogP contribution < -0.4 is 22.9 Å². The van der Waals surface area contributed by atoms with Gasteiger partial charge in [-0.05, 0) is 6.42 Å². The van der Waals surface area contributed by atoms with Gasteiger partial charge in [0.15, 0.2) is 12.6 Å². The van der Waals surface area contributed by atoms with Crippen molar-refractivity contribution in [2.24, 2.45) is 22.9 Å². The molecule has 0 spiro atoms. The molecule has 0 amide bonds. The third-order valence-corrected chi connectivity index (χ3v) is 6.84. The highest BCUT2D eigenvalue weighted by atomic mass is 31.2. The molecule has 0 unspecified atom stereocenters. The van der Waals surface area contributed by atoms with Gasteiger partial charge in [0.2, 0.25) is 0 Å². The predicted octanol–water partition coefficient (Wildman–Crippen LogP) is -6.54. The fraction of sp³-hybridized carbons (Fsp3) is 1.00. The predicted molar refractivity (Wildman–Crippen MR) is 113 cm³/mol. The van der Waals surface area contributed by atoms with Crippen molar-refractivity contribution in [3.8, 4) is 0 Å². The molecule has 18 heteroatoms. The molecule has 0 radical (unpaired) electrons. The average molecular weight is 534 g/mol. The lowest BCUT2D eigenvalue weighted by atomic mass is 9.84. The van der Waals surface area contributed by atoms with Gasteiger partial charge in [0, 0.05) is 18.6 Å². The van der Waals surface area contributed by atoms with Crippen LogP contribution in [-0.4, -0.2) is 134 Å². The molecule has 35 heavy (non-hydrogen) atoms. The second-order valence-electron chi connectivity index (χ2n) is 8.90. The van der Waals surface area contributed by atoms with Gasteiger partial charge in [-0.15, -0.1) is 0 Å². The van der Waals surface area contributed by atoms with Crippen molar-refractivity contribution in [3.63, 3.8) is 0 Å². The standard InChI is InChI=1S/C17H35N4O13P/c18-2-6-10(23)12(25)8(21)16(31-6)33-14-5(20)1-4(19)9(22)15(14)34-17-13(26)11(24)7(32-17)3-30-35(27,28)29/h4-17,22-26H,1-3,18-21H2,(H2,27,28,29)/t4-,5+,6-,7-,8-,9+,10-,11-,12-,13-,14-,15-,16-,17+/m1/s1. The Labute approximate surface area is 200 Å². The zero-order valence-corrected chi connectivity index (χ0v) is 19.4. The summed E-state index contributed by atoms with van der Waals surface area (Å²) in [6.07, 6.45) is -15.3. The Morgan fingerprint density at radius 2 is 1.34 bits per heavy atom. The molecule has 1 saturated carbocycles. The van der Waals surface area contributed by atoms with Crippen molar-refractivity contribution < 1.29 is 63.4 Å². The lowest BCUT2D eigenvalue weighted by molar-refractivity contribution is -0.306. The largest absolute Gasteiger partial charge is 0.469 e. The molecule has 3 fully saturated rings. The van der Waals surface area contributed by atoms with Crippen molar-refractivity contribution in [1.29, 1.82) is 0 Å². The van der Waals surface area contributed by atoms with Crippen LogP contribution in [0.5, 0.6) is 0 Å². The Balaban J connectivity index is 1.75. The first-order valence-corrected chi connectivity index (χ1v) is 12.5. The number of phosphoric acid groups is 1. The second kappa shape index (κ2) is 11.5. The summed E-state index contributed by atoms with van der Waals surface area (Å²) in [6.45, 7) is -0.924. The summed E-state index contributed by atoms with van der Waals surface area (Å²) in [5, 5.41) is 51.5. The molecular formula is C17H35N4O13P. The molecule has 206 valence electrons. The van der Waals surface area contributed by atoms with E-state index in [9.17, 15) is 30.1 Å². The van der Waals surface area contributed by atoms with E-state index >= 15 is 0 Å². The number of nitrogens with two attached hydrogens (primary N) is 4. The van der Waals surface area contributed by atoms with E-state index in [1.807, 2.05) is 0 Å². The van der Waals surface area contributed by atoms with Gasteiger partial charge in [0.05, 0.1) is 18.8 Å². The van der Waals surface area contributed by atoms with Crippen molar-refractivity contribution >= 4 is 7.82 Å². The van der Waals surface area contributed by atoms with Crippen molar-refractivity contribution in [1.82, 2.24) is 0 Å². The first-order valence-electron chi connectivity index (χ1n) is 10.9. The fourth-order valence-corrected chi connectivity index (χ4v) is 4.66. The quantitative estimate of drug-likeness (QED) is 0.129. The van der Waals surface area contributed by atoms with Crippen LogP contribution in [0.4, 0.5) is 0 Å². The van der Waals surface area contributed by atoms with Crippen LogP contribution in [0.2, 0.25) is 0 Å². The van der Waals surface area contributed by atoms with E-state index in [0.29, 0.717) is 0 Å². The van der Waals surface area contributed by atoms with E-state index in [1.54, 1.807) is 0 Å². The number of rotatable bonds is 8. The number of aliphatic hydroxyl groups is 5. The SMILES string of the molecule is NC[C@H]1O[C@H](O[C@H]2[C@H](O[C@@H]3O[C@H](COP(=O)(O)O)[C@@H](O)[C@H]3O)[C@@H](O)[C@H](N)C[C@@H]2N)[C@H](N)[C@@H](O)[C@@H]1O. The lowest BCUT2D eigenvalue weighted by Crippen LogP contribution is -2.68. The minimum Gasteiger partial charge on any atom is -0.389 e. The summed E-state index contributed by atoms with van der Waals surface area (Å²) in [6, 6.07) is -2.96. The summed E-state index contributed by atoms with van der Waals surface area (Å²) in [5.74, 6) is 0. The summed E-state index contributed by atoms with van der Waals surface area (Å²) >= 11 is 0. The van der Waals surface area contributed by atoms with E-state index < -0.39 is 100 Å². The molecule has 1 aliphatic carbocycles. The Morgan fingerprint density at radius 1 is 0.771 bits per heavy atom. The Bertz CT molecular complexity index is 749. The molecule has 3 aliphatic rings. The summed E-state index contributed by atoms with van der Waals surface area (Å²) in [7, 11) is -4.88. The van der Waals surface area contributed by atoms with Gasteiger partial charge >= 0.3 is 7.82 Å². The Hall–Kier alpha value is -0.410. The number of hydrogen-bond acceptors (Lipinski definition) is 15. The molecule has 2 aliphatic heterocycles. The van der Waals surface area contributed by atoms with E-state index in [4.69, 9.17) is 51.7 Å². The topological polar surface area (TPSA) is 309 Å². The smallest absolute Gasteiger partial charge is 0.389 e. The van der Waals surface area contributed by atoms with Crippen LogP contribution in [-0.2, 0) is 28.0 Å². The van der Waals surface area contributed by atoms with Gasteiger partial charge in [-0.2, -0.15) is 0 Å². The highest BCUT2D eigenvalue weighted by Crippen LogP contribution is 2.38. The molecule has 0 aromatic carbocycles. The first-order chi connectivity index (χ1) is 16.2. The Kier molecular flexibility index (Phi) is 9.62. The van der Waals surface area contributed by atoms with E-state index in [-0.39, 0.29) is 13.0 Å². The minimum atomic E-state index is -4.88. The van der Waals surface area contributed by atoms with Gasteiger partial charge in [-0.3, -0.25) is 4.52 Å². The van der Waals surface area contributed by atoms with Gasteiger partial charge in [0.1, 0.15) is 48.8 Å². The zero-order chi connectivity index (χ0) is 26.2. The maximum absolute atomic E-state index is 10.9. The third kappa shape index (κ3) is 6.54. The molecular weight excluding hydrogens is 499 g/mol. The Morgan fingerprint density at radius 3 is 1.94 bits per heavy atom. The average Bonchev–Trinajstić information content (AvgIpc) is 3.05. The molecule has 0 aromatic heterocycles. The van der Waals surface area contributed by atoms with Gasteiger partial charge in [-0.1, -0.05) is 0 Å². The molecule has 2 saturated heterocycles. The van der Waals surface area contributed by atoms with Crippen molar-refractivity contribution in [2.45, 2.75) is 92.1 Å². The van der Waals surface area contributed by atoms with Crippen LogP contribution in [0.15, 0.2) is 0 Å². The van der Waals surface area contributed by atoms with Crippen molar-refractivity contribution in [3.05, 3.63) is 0 Å². The van der Waals surface area contributed by atoms with E-state index in [1.165, 1.54) is 0 Å². The summed E-state index contributed by atoms with van der Waals surface area (Å²) in [4.78, 5) is 17.7. The molecule has 3 rings (SSSR count). The maximum atomic E-state index is 10.9. The normalized spacial score (nSPS) is 49.3. The summed E-state index contributed by atoms with van der Waals surface area (Å²) < 4.78 is 37.7. The van der Waals surface area contributed by atoms with E-state index in [0.717, 1.165) is 0 Å². The molecule has 0 aromatic rings. The van der Waals surface area contributed by atoms with Gasteiger partial charge in [0.25, 0.3) is 0 Å². The minimum absolute atomic E-state index is 0.0780. The maximum Gasteiger partial charge on any atom is 0.469 e. The molecule has 15 N–H and O–H groups in total. The van der Waals surface area contributed by atoms with Crippen LogP contribution in [0.3, 0.4) is 0 Å². The van der Waals surface area contributed by atoms with Gasteiger partial charge in [-0.25, -0.2) is 4.57 Å². The zero-order valence-electron chi connectivity index (χ0n) is 18.5. The second-order valence-corrected chi connectivity index (χ2v) is 10.1. The van der Waals surface area contributed by atoms with Crippen molar-refractivity contribution in [2.75, 3.05) is 13.2 Å². The highest BCUT2D eigenvalue weighted by molar-refractivity contribution is 7.46. The number of phosphoric ester groups is 1. The number of aliphatic hydroxyl groups excluding tert-OH is 5. The first kappa shape index (κ1) is 29.2. The lowest BCUT2D eigenvalue weighted by Gasteiger charge is -2.47. The number of hydrogen-bond donors (Lipinski definition) is 11. The van der Waals surface area contributed by atoms with Gasteiger partial charge < -0.3 is 77.2 Å². The fourth-order valence-electron chi connectivity index (χ4n) is 4.32. The van der Waals surface area contributed by atoms with Crippen LogP contribution in [0, 0.1) is 0 Å². The summed E-state index contributed by atoms with van der Waals surface area (Å²) in [5.41, 5.74) is 23.7. The highest BCUT2D eigenvalue weighted by Gasteiger charge is 2.52. The van der Waals surface area contributed by atoms with Crippen LogP contribution in [0.25, 0.3) is 0 Å².